The van der Waals surface area contributed by atoms with Gasteiger partial charge >= 0.3 is 0 Å². The van der Waals surface area contributed by atoms with E-state index < -0.39 is 0 Å². The molecule has 0 spiro atoms. The van der Waals surface area contributed by atoms with E-state index in [0.29, 0.717) is 24.8 Å². The molecule has 1 aromatic heterocycles. The van der Waals surface area contributed by atoms with Crippen LogP contribution >= 0.6 is 0 Å². The number of carbonyl (C=O) groups excluding carboxylic acids is 1. The lowest BCUT2D eigenvalue weighted by molar-refractivity contribution is 0.0823. The molecule has 0 bridgehead atoms. The lowest BCUT2D eigenvalue weighted by Crippen LogP contribution is -2.56. The van der Waals surface area contributed by atoms with E-state index in [2.05, 4.69) is 41.1 Å². The van der Waals surface area contributed by atoms with Crippen molar-refractivity contribution < 1.29 is 9.53 Å². The molecule has 7 heteroatoms. The smallest absolute Gasteiger partial charge is 0.269 e. The number of nitrogens with one attached hydrogen (secondary N) is 1. The van der Waals surface area contributed by atoms with Crippen molar-refractivity contribution in [3.63, 3.8) is 0 Å². The molecule has 0 radical (unpaired) electrons. The molecule has 0 unspecified atom stereocenters. The van der Waals surface area contributed by atoms with Crippen LogP contribution in [0.1, 0.15) is 35.9 Å². The average Bonchev–Trinajstić information content (AvgIpc) is 3.15. The number of amides is 1. The number of aromatic nitrogens is 2. The van der Waals surface area contributed by atoms with Crippen LogP contribution in [0.2, 0.25) is 0 Å². The van der Waals surface area contributed by atoms with Gasteiger partial charge in [-0.2, -0.15) is 5.10 Å². The molecular formula is C17H29N5O2. The Morgan fingerprint density at radius 3 is 2.58 bits per heavy atom. The van der Waals surface area contributed by atoms with Crippen molar-refractivity contribution >= 4 is 5.91 Å². The van der Waals surface area contributed by atoms with Crippen LogP contribution in [-0.4, -0.2) is 84.0 Å². The van der Waals surface area contributed by atoms with Gasteiger partial charge in [0.25, 0.3) is 5.91 Å². The molecule has 0 aliphatic carbocycles. The number of nitrogens with zero attached hydrogens (tertiary/aromatic N) is 4. The molecule has 24 heavy (non-hydrogen) atoms. The highest BCUT2D eigenvalue weighted by molar-refractivity contribution is 5.93. The summed E-state index contributed by atoms with van der Waals surface area (Å²) in [5, 5.41) is 7.60. The predicted molar refractivity (Wildman–Crippen MR) is 92.2 cm³/mol. The molecule has 2 atom stereocenters. The topological polar surface area (TPSA) is 62.6 Å². The van der Waals surface area contributed by atoms with Crippen LogP contribution < -0.4 is 5.32 Å². The fourth-order valence-corrected chi connectivity index (χ4v) is 3.42. The highest BCUT2D eigenvalue weighted by Gasteiger charge is 2.35. The standard InChI is InChI=1S/C17H29N5O2/c1-12(2)13-9-15(21(4)19-13)17(23)18-14-10-24-11-16(14)22-7-5-20(3)6-8-22/h9,12,14,16H,5-8,10-11H2,1-4H3,(H,18,23)/t14-,16-/m0/s1. The Bertz CT molecular complexity index is 578. The van der Waals surface area contributed by atoms with Crippen LogP contribution in [-0.2, 0) is 11.8 Å². The fourth-order valence-electron chi connectivity index (χ4n) is 3.42. The number of likely N-dealkylation sites (N-methyl/N-ethyl adjacent to an activating group) is 1. The van der Waals surface area contributed by atoms with Gasteiger partial charge in [0.1, 0.15) is 5.69 Å². The lowest BCUT2D eigenvalue weighted by atomic mass is 10.1. The van der Waals surface area contributed by atoms with E-state index in [1.165, 1.54) is 0 Å². The lowest BCUT2D eigenvalue weighted by Gasteiger charge is -2.38. The summed E-state index contributed by atoms with van der Waals surface area (Å²) in [6.45, 7) is 9.62. The number of hydrogen-bond acceptors (Lipinski definition) is 5. The summed E-state index contributed by atoms with van der Waals surface area (Å²) in [6.07, 6.45) is 0. The molecule has 7 nitrogen and oxygen atoms in total. The summed E-state index contributed by atoms with van der Waals surface area (Å²) in [4.78, 5) is 17.5. The third kappa shape index (κ3) is 3.63. The van der Waals surface area contributed by atoms with Gasteiger partial charge in [0, 0.05) is 33.2 Å². The van der Waals surface area contributed by atoms with Gasteiger partial charge in [0.05, 0.1) is 31.0 Å². The molecule has 2 aliphatic heterocycles. The number of hydrogen-bond donors (Lipinski definition) is 1. The average molecular weight is 335 g/mol. The Labute approximate surface area is 143 Å². The highest BCUT2D eigenvalue weighted by Crippen LogP contribution is 2.17. The molecule has 1 N–H and O–H groups in total. The first kappa shape index (κ1) is 17.4. The minimum atomic E-state index is -0.0634. The molecule has 1 amide bonds. The van der Waals surface area contributed by atoms with Crippen LogP contribution in [0, 0.1) is 0 Å². The largest absolute Gasteiger partial charge is 0.378 e. The molecule has 2 fully saturated rings. The maximum Gasteiger partial charge on any atom is 0.269 e. The molecule has 2 saturated heterocycles. The Kier molecular flexibility index (Phi) is 5.22. The Morgan fingerprint density at radius 1 is 1.25 bits per heavy atom. The Balaban J connectivity index is 1.65. The van der Waals surface area contributed by atoms with Gasteiger partial charge in [-0.1, -0.05) is 13.8 Å². The van der Waals surface area contributed by atoms with Crippen LogP contribution in [0.4, 0.5) is 0 Å². The summed E-state index contributed by atoms with van der Waals surface area (Å²) in [5.74, 6) is 0.247. The van der Waals surface area contributed by atoms with Gasteiger partial charge in [0.15, 0.2) is 0 Å². The second-order valence-corrected chi connectivity index (χ2v) is 7.26. The number of aryl methyl sites for hydroxylation is 1. The van der Waals surface area contributed by atoms with Crippen LogP contribution in [0.25, 0.3) is 0 Å². The van der Waals surface area contributed by atoms with Crippen molar-refractivity contribution in [1.82, 2.24) is 24.9 Å². The first-order chi connectivity index (χ1) is 11.5. The molecule has 3 heterocycles. The third-order valence-corrected chi connectivity index (χ3v) is 5.10. The van der Waals surface area contributed by atoms with E-state index in [1.807, 2.05) is 13.1 Å². The molecule has 3 rings (SSSR count). The van der Waals surface area contributed by atoms with Crippen LogP contribution in [0.15, 0.2) is 6.07 Å². The second-order valence-electron chi connectivity index (χ2n) is 7.26. The summed E-state index contributed by atoms with van der Waals surface area (Å²) in [7, 11) is 3.97. The van der Waals surface area contributed by atoms with Gasteiger partial charge in [-0.05, 0) is 19.0 Å². The van der Waals surface area contributed by atoms with Crippen molar-refractivity contribution in [2.75, 3.05) is 46.4 Å². The first-order valence-corrected chi connectivity index (χ1v) is 8.81. The van der Waals surface area contributed by atoms with Crippen molar-refractivity contribution in [3.05, 3.63) is 17.5 Å². The summed E-state index contributed by atoms with van der Waals surface area (Å²) >= 11 is 0. The minimum Gasteiger partial charge on any atom is -0.378 e. The van der Waals surface area contributed by atoms with Crippen LogP contribution in [0.3, 0.4) is 0 Å². The molecule has 0 saturated carbocycles. The van der Waals surface area contributed by atoms with E-state index in [4.69, 9.17) is 4.74 Å². The zero-order valence-corrected chi connectivity index (χ0v) is 15.2. The SMILES string of the molecule is CC(C)c1cc(C(=O)N[C@H]2COC[C@@H]2N2CCN(C)CC2)n(C)n1. The Hall–Kier alpha value is -1.44. The normalized spacial score (nSPS) is 26.2. The van der Waals surface area contributed by atoms with E-state index >= 15 is 0 Å². The third-order valence-electron chi connectivity index (χ3n) is 5.10. The van der Waals surface area contributed by atoms with Crippen molar-refractivity contribution in [2.45, 2.75) is 31.8 Å². The Morgan fingerprint density at radius 2 is 1.96 bits per heavy atom. The van der Waals surface area contributed by atoms with Gasteiger partial charge in [0.2, 0.25) is 0 Å². The van der Waals surface area contributed by atoms with Gasteiger partial charge < -0.3 is 15.0 Å². The molecule has 0 aromatic carbocycles. The molecule has 2 aliphatic rings. The van der Waals surface area contributed by atoms with Crippen molar-refractivity contribution in [1.29, 1.82) is 0 Å². The zero-order chi connectivity index (χ0) is 17.3. The first-order valence-electron chi connectivity index (χ1n) is 8.81. The molecular weight excluding hydrogens is 306 g/mol. The number of carbonyl (C=O) groups is 1. The highest BCUT2D eigenvalue weighted by atomic mass is 16.5. The minimum absolute atomic E-state index is 0.0401. The number of rotatable bonds is 4. The molecule has 1 aromatic rings. The zero-order valence-electron chi connectivity index (χ0n) is 15.2. The number of ether oxygens (including phenoxy) is 1. The van der Waals surface area contributed by atoms with Gasteiger partial charge in [-0.25, -0.2) is 0 Å². The predicted octanol–water partition coefficient (Wildman–Crippen LogP) is 0.288. The van der Waals surface area contributed by atoms with Crippen molar-refractivity contribution in [2.24, 2.45) is 7.05 Å². The van der Waals surface area contributed by atoms with E-state index in [1.54, 1.807) is 4.68 Å². The quantitative estimate of drug-likeness (QED) is 0.857. The van der Waals surface area contributed by atoms with Crippen LogP contribution in [0.5, 0.6) is 0 Å². The van der Waals surface area contributed by atoms with Gasteiger partial charge in [-0.3, -0.25) is 14.4 Å². The summed E-state index contributed by atoms with van der Waals surface area (Å²) < 4.78 is 7.34. The second kappa shape index (κ2) is 7.21. The van der Waals surface area contributed by atoms with E-state index in [-0.39, 0.29) is 18.0 Å². The van der Waals surface area contributed by atoms with Crippen molar-refractivity contribution in [3.8, 4) is 0 Å². The monoisotopic (exact) mass is 335 g/mol. The maximum atomic E-state index is 12.7. The maximum absolute atomic E-state index is 12.7. The summed E-state index contributed by atoms with van der Waals surface area (Å²) in [5.41, 5.74) is 1.56. The van der Waals surface area contributed by atoms with E-state index in [9.17, 15) is 4.79 Å². The fraction of sp³-hybridized carbons (Fsp3) is 0.765. The van der Waals surface area contributed by atoms with Gasteiger partial charge in [-0.15, -0.1) is 0 Å². The number of piperazine rings is 1. The van der Waals surface area contributed by atoms with E-state index in [0.717, 1.165) is 31.9 Å². The molecule has 134 valence electrons. The summed E-state index contributed by atoms with van der Waals surface area (Å²) in [6, 6.07) is 2.19.